The van der Waals surface area contributed by atoms with E-state index in [1.54, 1.807) is 0 Å². The number of hydrogen-bond donors (Lipinski definition) is 2. The summed E-state index contributed by atoms with van der Waals surface area (Å²) >= 11 is 0. The van der Waals surface area contributed by atoms with Gasteiger partial charge in [-0.3, -0.25) is 4.79 Å². The molecule has 82 valence electrons. The van der Waals surface area contributed by atoms with Gasteiger partial charge in [0.15, 0.2) is 5.58 Å². The fraction of sp³-hybridized carbons (Fsp3) is 0.100. The van der Waals surface area contributed by atoms with E-state index in [-0.39, 0.29) is 12.1 Å². The molecule has 0 aromatic carbocycles. The van der Waals surface area contributed by atoms with Crippen LogP contribution in [0.15, 0.2) is 22.8 Å². The van der Waals surface area contributed by atoms with Gasteiger partial charge in [0.05, 0.1) is 12.7 Å². The van der Waals surface area contributed by atoms with E-state index in [1.165, 1.54) is 18.4 Å². The van der Waals surface area contributed by atoms with Gasteiger partial charge in [0.1, 0.15) is 11.2 Å². The number of rotatable bonds is 3. The number of fused-ring (bicyclic) bond motifs is 1. The first-order chi connectivity index (χ1) is 7.58. The molecule has 2 rings (SSSR count). The Balaban J connectivity index is 2.63. The highest BCUT2D eigenvalue weighted by Gasteiger charge is 2.14. The van der Waals surface area contributed by atoms with Crippen LogP contribution in [0.1, 0.15) is 16.1 Å². The monoisotopic (exact) mass is 221 g/mol. The zero-order chi connectivity index (χ0) is 11.7. The molecule has 6 nitrogen and oxygen atoms in total. The average Bonchev–Trinajstić information content (AvgIpc) is 2.64. The standard InChI is InChI=1S/C10H7NO5/c12-8(13)4-5-3-7(10(14)15)11-6-1-2-16-9(5)6/h1-3H,4H2,(H,12,13)(H,14,15). The smallest absolute Gasteiger partial charge is 0.354 e. The van der Waals surface area contributed by atoms with Gasteiger partial charge in [-0.1, -0.05) is 0 Å². The molecule has 0 atom stereocenters. The molecule has 2 aromatic rings. The summed E-state index contributed by atoms with van der Waals surface area (Å²) in [5.74, 6) is -2.25. The van der Waals surface area contributed by atoms with Gasteiger partial charge >= 0.3 is 11.9 Å². The van der Waals surface area contributed by atoms with Crippen LogP contribution in [-0.4, -0.2) is 27.1 Å². The van der Waals surface area contributed by atoms with Crippen LogP contribution in [0, 0.1) is 0 Å². The van der Waals surface area contributed by atoms with Gasteiger partial charge in [-0.05, 0) is 6.07 Å². The maximum atomic E-state index is 10.8. The molecule has 0 bridgehead atoms. The summed E-state index contributed by atoms with van der Waals surface area (Å²) in [6.45, 7) is 0. The topological polar surface area (TPSA) is 101 Å². The normalized spacial score (nSPS) is 10.5. The van der Waals surface area contributed by atoms with Crippen molar-refractivity contribution in [1.29, 1.82) is 0 Å². The maximum absolute atomic E-state index is 10.8. The minimum Gasteiger partial charge on any atom is -0.481 e. The number of carbonyl (C=O) groups is 2. The third-order valence-electron chi connectivity index (χ3n) is 2.05. The predicted octanol–water partition coefficient (Wildman–Crippen LogP) is 1.15. The van der Waals surface area contributed by atoms with E-state index in [9.17, 15) is 9.59 Å². The molecule has 0 aliphatic rings. The van der Waals surface area contributed by atoms with Crippen LogP contribution in [-0.2, 0) is 11.2 Å². The first-order valence-corrected chi connectivity index (χ1v) is 4.40. The van der Waals surface area contributed by atoms with Crippen LogP contribution in [0.5, 0.6) is 0 Å². The molecule has 0 spiro atoms. The lowest BCUT2D eigenvalue weighted by Gasteiger charge is -2.00. The van der Waals surface area contributed by atoms with Gasteiger partial charge in [-0.2, -0.15) is 0 Å². The molecule has 6 heteroatoms. The third kappa shape index (κ3) is 1.72. The number of hydrogen-bond acceptors (Lipinski definition) is 4. The van der Waals surface area contributed by atoms with E-state index >= 15 is 0 Å². The Morgan fingerprint density at radius 3 is 2.75 bits per heavy atom. The van der Waals surface area contributed by atoms with Crippen LogP contribution in [0.3, 0.4) is 0 Å². The van der Waals surface area contributed by atoms with Gasteiger partial charge in [0.2, 0.25) is 0 Å². The van der Waals surface area contributed by atoms with Gasteiger partial charge in [-0.15, -0.1) is 0 Å². The first-order valence-electron chi connectivity index (χ1n) is 4.40. The zero-order valence-electron chi connectivity index (χ0n) is 8.01. The van der Waals surface area contributed by atoms with Crippen molar-refractivity contribution >= 4 is 23.0 Å². The molecule has 0 aliphatic carbocycles. The number of aromatic nitrogens is 1. The molecule has 0 saturated heterocycles. The van der Waals surface area contributed by atoms with Crippen LogP contribution in [0.4, 0.5) is 0 Å². The Kier molecular flexibility index (Phi) is 2.32. The molecule has 0 fully saturated rings. The number of carboxylic acids is 2. The largest absolute Gasteiger partial charge is 0.481 e. The number of aliphatic carboxylic acids is 1. The summed E-state index contributed by atoms with van der Waals surface area (Å²) in [4.78, 5) is 25.2. The number of pyridine rings is 1. The summed E-state index contributed by atoms with van der Waals surface area (Å²) in [5.41, 5.74) is 0.772. The van der Waals surface area contributed by atoms with Gasteiger partial charge in [0, 0.05) is 11.6 Å². The lowest BCUT2D eigenvalue weighted by Crippen LogP contribution is -2.05. The summed E-state index contributed by atoms with van der Waals surface area (Å²) in [5, 5.41) is 17.5. The van der Waals surface area contributed by atoms with Crippen molar-refractivity contribution in [2.75, 3.05) is 0 Å². The number of aromatic carboxylic acids is 1. The van der Waals surface area contributed by atoms with Crippen molar-refractivity contribution in [3.63, 3.8) is 0 Å². The van der Waals surface area contributed by atoms with Crippen LogP contribution < -0.4 is 0 Å². The Hall–Kier alpha value is -2.37. The van der Waals surface area contributed by atoms with Crippen molar-refractivity contribution in [1.82, 2.24) is 4.98 Å². The first kappa shape index (κ1) is 10.2. The van der Waals surface area contributed by atoms with Crippen LogP contribution >= 0.6 is 0 Å². The highest BCUT2D eigenvalue weighted by Crippen LogP contribution is 2.20. The number of nitrogens with zero attached hydrogens (tertiary/aromatic N) is 1. The summed E-state index contributed by atoms with van der Waals surface area (Å²) in [7, 11) is 0. The molecule has 0 unspecified atom stereocenters. The minimum atomic E-state index is -1.20. The summed E-state index contributed by atoms with van der Waals surface area (Å²) < 4.78 is 5.07. The molecule has 2 aromatic heterocycles. The molecule has 0 aliphatic heterocycles. The molecular formula is C10H7NO5. The second kappa shape index (κ2) is 3.65. The second-order valence-electron chi connectivity index (χ2n) is 3.18. The molecule has 0 saturated carbocycles. The van der Waals surface area contributed by atoms with Gasteiger partial charge < -0.3 is 14.6 Å². The van der Waals surface area contributed by atoms with Gasteiger partial charge in [0.25, 0.3) is 0 Å². The van der Waals surface area contributed by atoms with Crippen LogP contribution in [0.25, 0.3) is 11.1 Å². The Morgan fingerprint density at radius 2 is 2.12 bits per heavy atom. The Bertz CT molecular complexity index is 572. The van der Waals surface area contributed by atoms with E-state index in [4.69, 9.17) is 14.6 Å². The maximum Gasteiger partial charge on any atom is 0.354 e. The van der Waals surface area contributed by atoms with Crippen molar-refractivity contribution in [2.45, 2.75) is 6.42 Å². The number of carboxylic acid groups (broad SMARTS) is 2. The van der Waals surface area contributed by atoms with E-state index in [0.717, 1.165) is 0 Å². The molecule has 0 amide bonds. The fourth-order valence-electron chi connectivity index (χ4n) is 1.43. The molecule has 0 radical (unpaired) electrons. The predicted molar refractivity (Wildman–Crippen MR) is 52.3 cm³/mol. The van der Waals surface area contributed by atoms with Crippen molar-refractivity contribution in [3.05, 3.63) is 29.7 Å². The SMILES string of the molecule is O=C(O)Cc1cc(C(=O)O)nc2ccoc12. The average molecular weight is 221 g/mol. The van der Waals surface area contributed by atoms with Crippen molar-refractivity contribution < 1.29 is 24.2 Å². The molecule has 2 N–H and O–H groups in total. The van der Waals surface area contributed by atoms with E-state index in [0.29, 0.717) is 16.7 Å². The highest BCUT2D eigenvalue weighted by atomic mass is 16.4. The molecule has 16 heavy (non-hydrogen) atoms. The third-order valence-corrected chi connectivity index (χ3v) is 2.05. The lowest BCUT2D eigenvalue weighted by molar-refractivity contribution is -0.136. The Labute approximate surface area is 89.1 Å². The Morgan fingerprint density at radius 1 is 1.38 bits per heavy atom. The minimum absolute atomic E-state index is 0.190. The summed E-state index contributed by atoms with van der Waals surface area (Å²) in [6, 6.07) is 2.70. The van der Waals surface area contributed by atoms with E-state index in [2.05, 4.69) is 4.98 Å². The quantitative estimate of drug-likeness (QED) is 0.806. The van der Waals surface area contributed by atoms with Crippen molar-refractivity contribution in [2.24, 2.45) is 0 Å². The van der Waals surface area contributed by atoms with Crippen LogP contribution in [0.2, 0.25) is 0 Å². The summed E-state index contributed by atoms with van der Waals surface area (Å²) in [6.07, 6.45) is 1.04. The van der Waals surface area contributed by atoms with E-state index in [1.807, 2.05) is 0 Å². The lowest BCUT2D eigenvalue weighted by atomic mass is 10.1. The van der Waals surface area contributed by atoms with Crippen molar-refractivity contribution in [3.8, 4) is 0 Å². The molecular weight excluding hydrogens is 214 g/mol. The van der Waals surface area contributed by atoms with E-state index < -0.39 is 11.9 Å². The zero-order valence-corrected chi connectivity index (χ0v) is 8.01. The van der Waals surface area contributed by atoms with Gasteiger partial charge in [-0.25, -0.2) is 9.78 Å². The fourth-order valence-corrected chi connectivity index (χ4v) is 1.43. The molecule has 2 heterocycles. The highest BCUT2D eigenvalue weighted by molar-refractivity contribution is 5.91. The second-order valence-corrected chi connectivity index (χ2v) is 3.18. The number of furan rings is 1.